The monoisotopic (exact) mass is 638 g/mol. The van der Waals surface area contributed by atoms with E-state index >= 15 is 0 Å². The summed E-state index contributed by atoms with van der Waals surface area (Å²) < 4.78 is 50.2. The second-order valence-corrected chi connectivity index (χ2v) is 14.6. The normalized spacial score (nSPS) is 26.2. The van der Waals surface area contributed by atoms with Crippen LogP contribution in [-0.2, 0) is 43.0 Å². The van der Waals surface area contributed by atoms with Crippen molar-refractivity contribution in [2.75, 3.05) is 19.8 Å². The predicted molar refractivity (Wildman–Crippen MR) is 162 cm³/mol. The van der Waals surface area contributed by atoms with Crippen LogP contribution in [0.4, 0.5) is 13.2 Å². The number of amides is 1. The number of rotatable bonds is 5. The van der Waals surface area contributed by atoms with E-state index in [4.69, 9.17) is 9.47 Å². The summed E-state index contributed by atoms with van der Waals surface area (Å²) in [6, 6.07) is 4.27. The lowest BCUT2D eigenvalue weighted by Gasteiger charge is -2.44. The average Bonchev–Trinajstić information content (AvgIpc) is 3.59. The molecule has 1 unspecified atom stereocenters. The van der Waals surface area contributed by atoms with Crippen molar-refractivity contribution in [3.05, 3.63) is 34.9 Å². The van der Waals surface area contributed by atoms with Gasteiger partial charge in [0, 0.05) is 51.2 Å². The first-order valence-electron chi connectivity index (χ1n) is 16.2. The molecule has 1 amide bonds. The third-order valence-electron chi connectivity index (χ3n) is 9.61. The van der Waals surface area contributed by atoms with Gasteiger partial charge in [0.15, 0.2) is 0 Å². The number of hydrogen-bond acceptors (Lipinski definition) is 7. The van der Waals surface area contributed by atoms with Crippen LogP contribution in [0.3, 0.4) is 0 Å². The zero-order valence-electron chi connectivity index (χ0n) is 27.2. The molecule has 2 heterocycles. The minimum Gasteiger partial charge on any atom is -0.460 e. The molecule has 2 aliphatic carbocycles. The summed E-state index contributed by atoms with van der Waals surface area (Å²) in [5, 5.41) is 14.7. The largest absolute Gasteiger partial charge is 0.460 e. The van der Waals surface area contributed by atoms with E-state index < -0.39 is 28.4 Å². The standard InChI is InChI=1S/C24H33F3N2O3.C10H16O3/c1-22(2,31)23(9-5-20(14-23)28-19-7-11-32-12-8-19)21(30)29-10-6-16-3-4-18(24(25,26)27)13-17(16)15-29;1-10(2,3)13-9(12)7-4-5-8(11)6-7/h3-4,13,19-20,28,31H,5-12,14-15H2,1-2H3;7H,4-6H2,1-3H3/t20-,23-;/m1./s1. The number of fused-ring (bicyclic) bond motifs is 1. The maximum Gasteiger partial charge on any atom is 0.416 e. The SMILES string of the molecule is CC(C)(C)OC(=O)C1CCC(=O)C1.CC(C)(O)[C@]1(C(=O)N2CCc3ccc(C(F)(F)F)cc3C2)CC[C@@H](NC2CCOCC2)C1. The maximum absolute atomic E-state index is 13.8. The van der Waals surface area contributed by atoms with Crippen molar-refractivity contribution >= 4 is 17.7 Å². The summed E-state index contributed by atoms with van der Waals surface area (Å²) in [4.78, 5) is 37.8. The first kappa shape index (κ1) is 35.4. The predicted octanol–water partition coefficient (Wildman–Crippen LogP) is 5.37. The first-order valence-corrected chi connectivity index (χ1v) is 16.2. The molecule has 0 spiro atoms. The molecule has 0 radical (unpaired) electrons. The van der Waals surface area contributed by atoms with Crippen molar-refractivity contribution in [3.8, 4) is 0 Å². The van der Waals surface area contributed by atoms with Crippen LogP contribution in [0.1, 0.15) is 103 Å². The second-order valence-electron chi connectivity index (χ2n) is 14.6. The van der Waals surface area contributed by atoms with E-state index in [1.54, 1.807) is 18.7 Å². The summed E-state index contributed by atoms with van der Waals surface area (Å²) in [7, 11) is 0. The van der Waals surface area contributed by atoms with Gasteiger partial charge in [0.25, 0.3) is 0 Å². The molecule has 1 aromatic carbocycles. The fourth-order valence-electron chi connectivity index (χ4n) is 7.01. The quantitative estimate of drug-likeness (QED) is 0.418. The Balaban J connectivity index is 0.000000297. The Hall–Kier alpha value is -2.50. The molecule has 0 bridgehead atoms. The summed E-state index contributed by atoms with van der Waals surface area (Å²) in [6.45, 7) is 10.9. The molecule has 2 aliphatic heterocycles. The van der Waals surface area contributed by atoms with Gasteiger partial charge in [-0.05, 0) is 103 Å². The van der Waals surface area contributed by atoms with Gasteiger partial charge in [-0.1, -0.05) is 6.07 Å². The zero-order valence-corrected chi connectivity index (χ0v) is 27.2. The Morgan fingerprint density at radius 3 is 2.27 bits per heavy atom. The number of nitrogens with zero attached hydrogens (tertiary/aromatic N) is 1. The van der Waals surface area contributed by atoms with Gasteiger partial charge in [-0.3, -0.25) is 14.4 Å². The molecule has 1 aromatic rings. The van der Waals surface area contributed by atoms with Crippen LogP contribution < -0.4 is 5.32 Å². The van der Waals surface area contributed by atoms with E-state index in [0.29, 0.717) is 56.7 Å². The third kappa shape index (κ3) is 8.86. The molecule has 5 rings (SSSR count). The number of ketones is 1. The Morgan fingerprint density at radius 2 is 1.69 bits per heavy atom. The number of nitrogens with one attached hydrogen (secondary N) is 1. The maximum atomic E-state index is 13.8. The van der Waals surface area contributed by atoms with Gasteiger partial charge < -0.3 is 24.8 Å². The lowest BCUT2D eigenvalue weighted by atomic mass is 9.70. The van der Waals surface area contributed by atoms with Gasteiger partial charge in [0.1, 0.15) is 11.4 Å². The number of hydrogen-bond donors (Lipinski definition) is 2. The Morgan fingerprint density at radius 1 is 1.00 bits per heavy atom. The van der Waals surface area contributed by atoms with Gasteiger partial charge >= 0.3 is 12.1 Å². The van der Waals surface area contributed by atoms with Gasteiger partial charge in [0.2, 0.25) is 5.91 Å². The van der Waals surface area contributed by atoms with E-state index in [1.807, 2.05) is 20.8 Å². The van der Waals surface area contributed by atoms with Crippen LogP contribution in [0.2, 0.25) is 0 Å². The summed E-state index contributed by atoms with van der Waals surface area (Å²) in [5.74, 6) is -0.384. The molecule has 11 heteroatoms. The Labute approximate surface area is 264 Å². The molecule has 252 valence electrons. The number of Topliss-reactive ketones (excluding diaryl/α,β-unsaturated/α-hetero) is 1. The van der Waals surface area contributed by atoms with Crippen LogP contribution in [0.25, 0.3) is 0 Å². The van der Waals surface area contributed by atoms with Crippen LogP contribution in [-0.4, -0.2) is 70.7 Å². The number of esters is 1. The zero-order chi connectivity index (χ0) is 33.2. The van der Waals surface area contributed by atoms with E-state index in [1.165, 1.54) is 6.07 Å². The minimum atomic E-state index is -4.41. The van der Waals surface area contributed by atoms with E-state index in [-0.39, 0.29) is 36.2 Å². The van der Waals surface area contributed by atoms with Crippen molar-refractivity contribution in [1.29, 1.82) is 0 Å². The number of aliphatic hydroxyl groups is 1. The Bertz CT molecular complexity index is 1230. The highest BCUT2D eigenvalue weighted by molar-refractivity contribution is 5.88. The highest BCUT2D eigenvalue weighted by Crippen LogP contribution is 2.49. The lowest BCUT2D eigenvalue weighted by Crippen LogP contribution is -2.55. The lowest BCUT2D eigenvalue weighted by molar-refractivity contribution is -0.160. The molecule has 0 aromatic heterocycles. The smallest absolute Gasteiger partial charge is 0.416 e. The molecule has 1 saturated heterocycles. The number of carbonyl (C=O) groups excluding carboxylic acids is 3. The highest BCUT2D eigenvalue weighted by atomic mass is 19.4. The number of benzene rings is 1. The fraction of sp³-hybridized carbons (Fsp3) is 0.735. The van der Waals surface area contributed by atoms with Gasteiger partial charge in [-0.25, -0.2) is 0 Å². The molecular formula is C34H49F3N2O6. The fourth-order valence-corrected chi connectivity index (χ4v) is 7.01. The van der Waals surface area contributed by atoms with Gasteiger partial charge in [0.05, 0.1) is 22.5 Å². The second kappa shape index (κ2) is 13.7. The van der Waals surface area contributed by atoms with Crippen molar-refractivity contribution in [2.24, 2.45) is 11.3 Å². The number of halogens is 3. The number of carbonyl (C=O) groups is 3. The minimum absolute atomic E-state index is 0.127. The molecule has 45 heavy (non-hydrogen) atoms. The third-order valence-corrected chi connectivity index (χ3v) is 9.61. The van der Waals surface area contributed by atoms with E-state index in [2.05, 4.69) is 5.32 Å². The van der Waals surface area contributed by atoms with Crippen LogP contribution in [0.15, 0.2) is 18.2 Å². The van der Waals surface area contributed by atoms with E-state index in [0.717, 1.165) is 50.2 Å². The van der Waals surface area contributed by atoms with Gasteiger partial charge in [-0.2, -0.15) is 13.2 Å². The van der Waals surface area contributed by atoms with Crippen molar-refractivity contribution in [2.45, 2.75) is 128 Å². The Kier molecular flexibility index (Phi) is 10.8. The molecule has 2 N–H and O–H groups in total. The molecule has 8 nitrogen and oxygen atoms in total. The topological polar surface area (TPSA) is 105 Å². The molecule has 3 atom stereocenters. The number of alkyl halides is 3. The van der Waals surface area contributed by atoms with Gasteiger partial charge in [-0.15, -0.1) is 0 Å². The molecule has 3 fully saturated rings. The van der Waals surface area contributed by atoms with E-state index in [9.17, 15) is 32.7 Å². The molecular weight excluding hydrogens is 589 g/mol. The molecule has 4 aliphatic rings. The highest BCUT2D eigenvalue weighted by Gasteiger charge is 2.56. The first-order chi connectivity index (χ1) is 20.9. The van der Waals surface area contributed by atoms with Crippen molar-refractivity contribution < 1.29 is 42.1 Å². The summed E-state index contributed by atoms with van der Waals surface area (Å²) in [5.41, 5.74) is -1.92. The van der Waals surface area contributed by atoms with Crippen molar-refractivity contribution in [3.63, 3.8) is 0 Å². The van der Waals surface area contributed by atoms with Crippen LogP contribution >= 0.6 is 0 Å². The summed E-state index contributed by atoms with van der Waals surface area (Å²) in [6.07, 6.45) is 1.41. The number of ether oxygens (including phenoxy) is 2. The van der Waals surface area contributed by atoms with Crippen LogP contribution in [0.5, 0.6) is 0 Å². The average molecular weight is 639 g/mol. The molecule has 2 saturated carbocycles. The summed E-state index contributed by atoms with van der Waals surface area (Å²) >= 11 is 0. The van der Waals surface area contributed by atoms with Crippen molar-refractivity contribution in [1.82, 2.24) is 10.2 Å². The van der Waals surface area contributed by atoms with Crippen LogP contribution in [0, 0.1) is 11.3 Å².